The number of aromatic amines is 1. The lowest BCUT2D eigenvalue weighted by atomic mass is 10.1. The highest BCUT2D eigenvalue weighted by molar-refractivity contribution is 6.08. The van der Waals surface area contributed by atoms with Crippen LogP contribution in [0.3, 0.4) is 0 Å². The highest BCUT2D eigenvalue weighted by Crippen LogP contribution is 2.27. The Bertz CT molecular complexity index is 1320. The number of rotatable bonds is 3. The van der Waals surface area contributed by atoms with Crippen LogP contribution in [0.1, 0.15) is 21.5 Å². The summed E-state index contributed by atoms with van der Waals surface area (Å²) in [5.74, 6) is -1.83. The summed E-state index contributed by atoms with van der Waals surface area (Å²) in [6.07, 6.45) is 1.37. The Morgan fingerprint density at radius 1 is 1.21 bits per heavy atom. The first-order valence-corrected chi connectivity index (χ1v) is 8.82. The number of aryl methyl sites for hydroxylation is 2. The number of nitrogens with one attached hydrogen (secondary N) is 2. The molecule has 8 heteroatoms. The van der Waals surface area contributed by atoms with Crippen molar-refractivity contribution in [3.63, 3.8) is 0 Å². The molecule has 0 radical (unpaired) electrons. The van der Waals surface area contributed by atoms with E-state index in [1.807, 2.05) is 25.1 Å². The Kier molecular flexibility index (Phi) is 4.38. The molecule has 0 bridgehead atoms. The van der Waals surface area contributed by atoms with Crippen LogP contribution >= 0.6 is 0 Å². The molecule has 0 atom stereocenters. The van der Waals surface area contributed by atoms with Crippen molar-refractivity contribution in [3.8, 4) is 11.4 Å². The van der Waals surface area contributed by atoms with Gasteiger partial charge in [0.1, 0.15) is 22.8 Å². The fourth-order valence-corrected chi connectivity index (χ4v) is 3.08. The number of hydrogen-bond donors (Lipinski definition) is 3. The molecule has 3 N–H and O–H groups in total. The topological polar surface area (TPSA) is 100 Å². The molecule has 0 aliphatic heterocycles. The molecule has 0 aliphatic carbocycles. The first kappa shape index (κ1) is 18.4. The normalized spacial score (nSPS) is 11.0. The summed E-state index contributed by atoms with van der Waals surface area (Å²) < 4.78 is 15.2. The molecule has 2 aromatic heterocycles. The number of aromatic nitrogens is 3. The molecule has 0 unspecified atom stereocenters. The number of halogens is 1. The Morgan fingerprint density at radius 3 is 2.72 bits per heavy atom. The molecule has 146 valence electrons. The van der Waals surface area contributed by atoms with Crippen LogP contribution in [-0.4, -0.2) is 25.8 Å². The quantitative estimate of drug-likeness (QED) is 0.497. The van der Waals surface area contributed by atoms with Crippen LogP contribution in [0.15, 0.2) is 53.5 Å². The van der Waals surface area contributed by atoms with Crippen molar-refractivity contribution >= 4 is 22.6 Å². The minimum absolute atomic E-state index is 0.174. The summed E-state index contributed by atoms with van der Waals surface area (Å²) in [7, 11) is 0. The third-order valence-electron chi connectivity index (χ3n) is 4.62. The standard InChI is InChI=1S/C21H17FN4O3/c1-11-4-3-5-14(8-11)26-19-15(10-23-26)18(27)17(21(29)25-19)20(28)24-13-7-6-12(2)16(22)9-13/h3-10H,1-2H3,(H,24,28)(H2,25,27,29). The van der Waals surface area contributed by atoms with Gasteiger partial charge in [0.15, 0.2) is 0 Å². The third kappa shape index (κ3) is 3.25. The monoisotopic (exact) mass is 392 g/mol. The molecule has 0 saturated heterocycles. The summed E-state index contributed by atoms with van der Waals surface area (Å²) in [5, 5.41) is 17.5. The van der Waals surface area contributed by atoms with Gasteiger partial charge in [0.25, 0.3) is 11.5 Å². The first-order valence-electron chi connectivity index (χ1n) is 8.82. The van der Waals surface area contributed by atoms with Crippen molar-refractivity contribution in [2.75, 3.05) is 5.32 Å². The molecule has 4 rings (SSSR count). The van der Waals surface area contributed by atoms with Crippen molar-refractivity contribution in [1.29, 1.82) is 0 Å². The van der Waals surface area contributed by atoms with Crippen LogP contribution in [-0.2, 0) is 0 Å². The van der Waals surface area contributed by atoms with Gasteiger partial charge in [-0.05, 0) is 49.2 Å². The van der Waals surface area contributed by atoms with Gasteiger partial charge in [0.2, 0.25) is 0 Å². The van der Waals surface area contributed by atoms with Gasteiger partial charge in [-0.25, -0.2) is 9.07 Å². The van der Waals surface area contributed by atoms with Crippen LogP contribution in [0.25, 0.3) is 16.7 Å². The molecule has 0 spiro atoms. The number of aromatic hydroxyl groups is 1. The lowest BCUT2D eigenvalue weighted by Gasteiger charge is -2.09. The van der Waals surface area contributed by atoms with Gasteiger partial charge in [0.05, 0.1) is 17.3 Å². The number of pyridine rings is 1. The predicted octanol–water partition coefficient (Wildman–Crippen LogP) is 3.43. The van der Waals surface area contributed by atoms with E-state index in [0.717, 1.165) is 11.6 Å². The molecule has 2 heterocycles. The zero-order valence-electron chi connectivity index (χ0n) is 15.7. The van der Waals surface area contributed by atoms with Crippen molar-refractivity contribution in [3.05, 3.63) is 81.5 Å². The molecule has 1 amide bonds. The second kappa shape index (κ2) is 6.90. The average Bonchev–Trinajstić information content (AvgIpc) is 3.09. The van der Waals surface area contributed by atoms with E-state index in [2.05, 4.69) is 15.4 Å². The van der Waals surface area contributed by atoms with Crippen LogP contribution in [0.5, 0.6) is 5.75 Å². The van der Waals surface area contributed by atoms with Crippen molar-refractivity contribution < 1.29 is 14.3 Å². The maximum absolute atomic E-state index is 13.7. The van der Waals surface area contributed by atoms with E-state index < -0.39 is 28.6 Å². The number of hydrogen-bond acceptors (Lipinski definition) is 4. The third-order valence-corrected chi connectivity index (χ3v) is 4.62. The number of benzene rings is 2. The van der Waals surface area contributed by atoms with Crippen molar-refractivity contribution in [2.24, 2.45) is 0 Å². The van der Waals surface area contributed by atoms with E-state index >= 15 is 0 Å². The zero-order chi connectivity index (χ0) is 20.7. The number of carbonyl (C=O) groups is 1. The summed E-state index contributed by atoms with van der Waals surface area (Å²) in [6.45, 7) is 3.52. The number of H-pyrrole nitrogens is 1. The summed E-state index contributed by atoms with van der Waals surface area (Å²) >= 11 is 0. The fraction of sp³-hybridized carbons (Fsp3) is 0.0952. The molecule has 4 aromatic rings. The molecule has 7 nitrogen and oxygen atoms in total. The van der Waals surface area contributed by atoms with E-state index in [1.54, 1.807) is 13.0 Å². The van der Waals surface area contributed by atoms with Gasteiger partial charge >= 0.3 is 0 Å². The zero-order valence-corrected chi connectivity index (χ0v) is 15.7. The van der Waals surface area contributed by atoms with Gasteiger partial charge in [-0.15, -0.1) is 0 Å². The van der Waals surface area contributed by atoms with Crippen LogP contribution in [0.4, 0.5) is 10.1 Å². The Hall–Kier alpha value is -3.94. The smallest absolute Gasteiger partial charge is 0.266 e. The predicted molar refractivity (Wildman–Crippen MR) is 107 cm³/mol. The highest BCUT2D eigenvalue weighted by atomic mass is 19.1. The number of anilines is 1. The molecule has 2 aromatic carbocycles. The SMILES string of the molecule is Cc1cccc(-n2ncc3c(O)c(C(=O)Nc4ccc(C)c(F)c4)c(=O)[nH]c32)c1. The summed E-state index contributed by atoms with van der Waals surface area (Å²) in [5.41, 5.74) is 1.30. The maximum Gasteiger partial charge on any atom is 0.266 e. The van der Waals surface area contributed by atoms with E-state index in [9.17, 15) is 19.1 Å². The van der Waals surface area contributed by atoms with E-state index in [-0.39, 0.29) is 16.7 Å². The number of carbonyl (C=O) groups excluding carboxylic acids is 1. The minimum Gasteiger partial charge on any atom is -0.506 e. The van der Waals surface area contributed by atoms with Gasteiger partial charge in [-0.2, -0.15) is 5.10 Å². The lowest BCUT2D eigenvalue weighted by molar-refractivity contribution is 0.102. The van der Waals surface area contributed by atoms with Gasteiger partial charge in [-0.1, -0.05) is 18.2 Å². The molecule has 29 heavy (non-hydrogen) atoms. The average molecular weight is 392 g/mol. The molecule has 0 fully saturated rings. The van der Waals surface area contributed by atoms with Gasteiger partial charge in [0, 0.05) is 5.69 Å². The Balaban J connectivity index is 1.77. The highest BCUT2D eigenvalue weighted by Gasteiger charge is 2.22. The fourth-order valence-electron chi connectivity index (χ4n) is 3.08. The van der Waals surface area contributed by atoms with Crippen LogP contribution in [0.2, 0.25) is 0 Å². The van der Waals surface area contributed by atoms with Crippen LogP contribution < -0.4 is 10.9 Å². The molecule has 0 aliphatic rings. The molecular formula is C21H17FN4O3. The Morgan fingerprint density at radius 2 is 2.00 bits per heavy atom. The number of amides is 1. The van der Waals surface area contributed by atoms with Crippen molar-refractivity contribution in [1.82, 2.24) is 14.8 Å². The largest absolute Gasteiger partial charge is 0.506 e. The second-order valence-corrected chi connectivity index (χ2v) is 6.75. The lowest BCUT2D eigenvalue weighted by Crippen LogP contribution is -2.23. The number of nitrogens with zero attached hydrogens (tertiary/aromatic N) is 2. The first-order chi connectivity index (χ1) is 13.8. The van der Waals surface area contributed by atoms with E-state index in [1.165, 1.54) is 23.0 Å². The van der Waals surface area contributed by atoms with Gasteiger partial charge in [-0.3, -0.25) is 9.59 Å². The maximum atomic E-state index is 13.7. The molecule has 0 saturated carbocycles. The Labute approximate surface area is 164 Å². The summed E-state index contributed by atoms with van der Waals surface area (Å²) in [6, 6.07) is 11.6. The van der Waals surface area contributed by atoms with Crippen LogP contribution in [0, 0.1) is 19.7 Å². The minimum atomic E-state index is -0.850. The van der Waals surface area contributed by atoms with E-state index in [0.29, 0.717) is 11.3 Å². The van der Waals surface area contributed by atoms with Gasteiger partial charge < -0.3 is 15.4 Å². The molecular weight excluding hydrogens is 375 g/mol. The van der Waals surface area contributed by atoms with Crippen molar-refractivity contribution in [2.45, 2.75) is 13.8 Å². The summed E-state index contributed by atoms with van der Waals surface area (Å²) in [4.78, 5) is 27.7. The van der Waals surface area contributed by atoms with E-state index in [4.69, 9.17) is 0 Å². The number of fused-ring (bicyclic) bond motifs is 1. The second-order valence-electron chi connectivity index (χ2n) is 6.75.